The van der Waals surface area contributed by atoms with Gasteiger partial charge in [0.15, 0.2) is 6.61 Å². The molecule has 5 heteroatoms. The largest absolute Gasteiger partial charge is 0.452 e. The molecule has 3 aromatic rings. The molecule has 0 aliphatic carbocycles. The number of para-hydroxylation sites is 2. The van der Waals surface area contributed by atoms with Crippen molar-refractivity contribution in [1.29, 1.82) is 0 Å². The van der Waals surface area contributed by atoms with E-state index < -0.39 is 5.97 Å². The maximum Gasteiger partial charge on any atom is 0.331 e. The molecule has 0 bridgehead atoms. The number of hydrogen-bond donors (Lipinski definition) is 1. The van der Waals surface area contributed by atoms with Gasteiger partial charge in [0.1, 0.15) is 0 Å². The first-order valence-corrected chi connectivity index (χ1v) is 7.76. The molecular weight excluding hydrogens is 316 g/mol. The van der Waals surface area contributed by atoms with Crippen LogP contribution in [0.1, 0.15) is 5.56 Å². The second-order valence-electron chi connectivity index (χ2n) is 5.28. The van der Waals surface area contributed by atoms with Crippen molar-refractivity contribution in [2.24, 2.45) is 0 Å². The van der Waals surface area contributed by atoms with Crippen molar-refractivity contribution in [3.63, 3.8) is 0 Å². The standard InChI is InChI=1S/C20H16N2O3/c23-18(22-17-9-2-1-3-10-17)14-25-19(24)12-11-16-7-4-6-15-8-5-13-21-20(15)16/h1-13H,14H2,(H,22,23)/b12-11+. The second-order valence-corrected chi connectivity index (χ2v) is 5.28. The number of carbonyl (C=O) groups is 2. The lowest BCUT2D eigenvalue weighted by Gasteiger charge is -2.05. The maximum atomic E-state index is 11.8. The van der Waals surface area contributed by atoms with Gasteiger partial charge in [-0.2, -0.15) is 0 Å². The van der Waals surface area contributed by atoms with Crippen LogP contribution < -0.4 is 5.32 Å². The quantitative estimate of drug-likeness (QED) is 0.574. The van der Waals surface area contributed by atoms with E-state index in [-0.39, 0.29) is 12.5 Å². The maximum absolute atomic E-state index is 11.8. The molecule has 0 aliphatic rings. The van der Waals surface area contributed by atoms with Crippen LogP contribution in [0.25, 0.3) is 17.0 Å². The lowest BCUT2D eigenvalue weighted by atomic mass is 10.1. The number of rotatable bonds is 5. The minimum Gasteiger partial charge on any atom is -0.452 e. The normalized spacial score (nSPS) is 10.7. The average Bonchev–Trinajstić information content (AvgIpc) is 2.65. The van der Waals surface area contributed by atoms with E-state index in [4.69, 9.17) is 4.74 Å². The van der Waals surface area contributed by atoms with E-state index in [2.05, 4.69) is 10.3 Å². The number of amides is 1. The third-order valence-electron chi connectivity index (χ3n) is 3.47. The van der Waals surface area contributed by atoms with Gasteiger partial charge in [-0.15, -0.1) is 0 Å². The first-order chi connectivity index (χ1) is 12.2. The summed E-state index contributed by atoms with van der Waals surface area (Å²) in [5.74, 6) is -0.976. The number of hydrogen-bond acceptors (Lipinski definition) is 4. The van der Waals surface area contributed by atoms with Crippen molar-refractivity contribution >= 4 is 34.5 Å². The molecule has 0 fully saturated rings. The van der Waals surface area contributed by atoms with Gasteiger partial charge in [-0.05, 0) is 24.3 Å². The van der Waals surface area contributed by atoms with Crippen molar-refractivity contribution in [3.8, 4) is 0 Å². The van der Waals surface area contributed by atoms with Crippen molar-refractivity contribution < 1.29 is 14.3 Å². The summed E-state index contributed by atoms with van der Waals surface area (Å²) >= 11 is 0. The second kappa shape index (κ2) is 7.88. The first-order valence-electron chi connectivity index (χ1n) is 7.76. The summed E-state index contributed by atoms with van der Waals surface area (Å²) in [7, 11) is 0. The number of fused-ring (bicyclic) bond motifs is 1. The Morgan fingerprint density at radius 1 is 1.00 bits per heavy atom. The molecule has 1 aromatic heterocycles. The molecule has 0 saturated heterocycles. The molecule has 0 saturated carbocycles. The highest BCUT2D eigenvalue weighted by Crippen LogP contribution is 2.17. The fraction of sp³-hybridized carbons (Fsp3) is 0.0500. The predicted molar refractivity (Wildman–Crippen MR) is 96.8 cm³/mol. The summed E-state index contributed by atoms with van der Waals surface area (Å²) in [6.07, 6.45) is 4.62. The molecule has 1 N–H and O–H groups in total. The highest BCUT2D eigenvalue weighted by Gasteiger charge is 2.06. The highest BCUT2D eigenvalue weighted by atomic mass is 16.5. The number of esters is 1. The number of aromatic nitrogens is 1. The molecular formula is C20H16N2O3. The molecule has 2 aromatic carbocycles. The van der Waals surface area contributed by atoms with Crippen LogP contribution in [-0.4, -0.2) is 23.5 Å². The van der Waals surface area contributed by atoms with Crippen LogP contribution in [-0.2, 0) is 14.3 Å². The van der Waals surface area contributed by atoms with Gasteiger partial charge in [0.2, 0.25) is 0 Å². The van der Waals surface area contributed by atoms with E-state index in [1.807, 2.05) is 48.5 Å². The summed E-state index contributed by atoms with van der Waals surface area (Å²) in [5.41, 5.74) is 2.26. The van der Waals surface area contributed by atoms with Gasteiger partial charge in [0.05, 0.1) is 5.52 Å². The Morgan fingerprint density at radius 3 is 2.64 bits per heavy atom. The number of carbonyl (C=O) groups excluding carboxylic acids is 2. The van der Waals surface area contributed by atoms with E-state index >= 15 is 0 Å². The molecule has 1 amide bonds. The van der Waals surface area contributed by atoms with Gasteiger partial charge in [0.25, 0.3) is 5.91 Å². The third kappa shape index (κ3) is 4.51. The van der Waals surface area contributed by atoms with Crippen LogP contribution in [0, 0.1) is 0 Å². The van der Waals surface area contributed by atoms with Crippen LogP contribution in [0.15, 0.2) is 72.9 Å². The Hall–Kier alpha value is -3.47. The van der Waals surface area contributed by atoms with Crippen LogP contribution in [0.3, 0.4) is 0 Å². The molecule has 0 radical (unpaired) electrons. The Bertz CT molecular complexity index is 915. The summed E-state index contributed by atoms with van der Waals surface area (Å²) in [5, 5.41) is 3.63. The zero-order chi connectivity index (χ0) is 17.5. The molecule has 0 unspecified atom stereocenters. The monoisotopic (exact) mass is 332 g/mol. The summed E-state index contributed by atoms with van der Waals surface area (Å²) in [6, 6.07) is 18.5. The van der Waals surface area contributed by atoms with Gasteiger partial charge in [0, 0.05) is 28.9 Å². The van der Waals surface area contributed by atoms with Crippen molar-refractivity contribution in [1.82, 2.24) is 4.98 Å². The summed E-state index contributed by atoms with van der Waals surface area (Å²) in [6.45, 7) is -0.341. The lowest BCUT2D eigenvalue weighted by Crippen LogP contribution is -2.20. The van der Waals surface area contributed by atoms with Gasteiger partial charge in [-0.25, -0.2) is 4.79 Å². The van der Waals surface area contributed by atoms with Crippen LogP contribution in [0.5, 0.6) is 0 Å². The van der Waals surface area contributed by atoms with E-state index in [1.165, 1.54) is 6.08 Å². The lowest BCUT2D eigenvalue weighted by molar-refractivity contribution is -0.142. The molecule has 1 heterocycles. The van der Waals surface area contributed by atoms with Gasteiger partial charge in [-0.1, -0.05) is 42.5 Å². The van der Waals surface area contributed by atoms with Crippen LogP contribution in [0.2, 0.25) is 0 Å². The van der Waals surface area contributed by atoms with E-state index in [0.717, 1.165) is 16.5 Å². The molecule has 25 heavy (non-hydrogen) atoms. The molecule has 0 atom stereocenters. The molecule has 0 spiro atoms. The molecule has 3 rings (SSSR count). The third-order valence-corrected chi connectivity index (χ3v) is 3.47. The molecule has 124 valence electrons. The zero-order valence-corrected chi connectivity index (χ0v) is 13.4. The number of pyridine rings is 1. The SMILES string of the molecule is O=C(COC(=O)/C=C/c1cccc2cccnc12)Nc1ccccc1. The minimum absolute atomic E-state index is 0.341. The Labute approximate surface area is 145 Å². The van der Waals surface area contributed by atoms with Gasteiger partial charge >= 0.3 is 5.97 Å². The number of ether oxygens (including phenoxy) is 1. The fourth-order valence-electron chi connectivity index (χ4n) is 2.32. The summed E-state index contributed by atoms with van der Waals surface area (Å²) < 4.78 is 4.95. The predicted octanol–water partition coefficient (Wildman–Crippen LogP) is 3.43. The Morgan fingerprint density at radius 2 is 1.80 bits per heavy atom. The topological polar surface area (TPSA) is 68.3 Å². The van der Waals surface area contributed by atoms with Gasteiger partial charge in [-0.3, -0.25) is 9.78 Å². The highest BCUT2D eigenvalue weighted by molar-refractivity contribution is 5.96. The number of anilines is 1. The number of benzene rings is 2. The van der Waals surface area contributed by atoms with Crippen molar-refractivity contribution in [2.75, 3.05) is 11.9 Å². The smallest absolute Gasteiger partial charge is 0.331 e. The fourth-order valence-corrected chi connectivity index (χ4v) is 2.32. The van der Waals surface area contributed by atoms with Crippen LogP contribution in [0.4, 0.5) is 5.69 Å². The molecule has 5 nitrogen and oxygen atoms in total. The van der Waals surface area contributed by atoms with E-state index in [0.29, 0.717) is 5.69 Å². The number of nitrogens with one attached hydrogen (secondary N) is 1. The first kappa shape index (κ1) is 16.4. The Kier molecular flexibility index (Phi) is 5.16. The Balaban J connectivity index is 1.57. The van der Waals surface area contributed by atoms with Gasteiger partial charge < -0.3 is 10.1 Å². The zero-order valence-electron chi connectivity index (χ0n) is 13.4. The van der Waals surface area contributed by atoms with E-state index in [9.17, 15) is 9.59 Å². The van der Waals surface area contributed by atoms with Crippen molar-refractivity contribution in [3.05, 3.63) is 78.5 Å². The molecule has 0 aliphatic heterocycles. The minimum atomic E-state index is -0.587. The summed E-state index contributed by atoms with van der Waals surface area (Å²) in [4.78, 5) is 27.9. The van der Waals surface area contributed by atoms with E-state index in [1.54, 1.807) is 24.4 Å². The average molecular weight is 332 g/mol. The number of nitrogens with zero attached hydrogens (tertiary/aromatic N) is 1. The van der Waals surface area contributed by atoms with Crippen molar-refractivity contribution in [2.45, 2.75) is 0 Å². The van der Waals surface area contributed by atoms with Crippen LogP contribution >= 0.6 is 0 Å².